The molecule has 2 aromatic carbocycles. The van der Waals surface area contributed by atoms with Crippen molar-refractivity contribution in [2.24, 2.45) is 0 Å². The molecule has 0 unspecified atom stereocenters. The normalized spacial score (nSPS) is 13.2. The van der Waals surface area contributed by atoms with Crippen molar-refractivity contribution in [1.29, 1.82) is 0 Å². The quantitative estimate of drug-likeness (QED) is 0.450. The molecule has 164 valence electrons. The van der Waals surface area contributed by atoms with Crippen LogP contribution in [-0.4, -0.2) is 28.9 Å². The number of amides is 1. The van der Waals surface area contributed by atoms with Crippen molar-refractivity contribution in [2.75, 3.05) is 18.5 Å². The fourth-order valence-corrected chi connectivity index (χ4v) is 4.55. The van der Waals surface area contributed by atoms with Crippen LogP contribution in [0.2, 0.25) is 0 Å². The van der Waals surface area contributed by atoms with E-state index in [0.29, 0.717) is 17.3 Å². The van der Waals surface area contributed by atoms with E-state index in [9.17, 15) is 4.79 Å². The maximum absolute atomic E-state index is 12.7. The summed E-state index contributed by atoms with van der Waals surface area (Å²) in [7, 11) is 0. The second-order valence-electron chi connectivity index (χ2n) is 7.52. The van der Waals surface area contributed by atoms with Crippen molar-refractivity contribution in [2.45, 2.75) is 39.3 Å². The van der Waals surface area contributed by atoms with E-state index in [1.165, 1.54) is 10.4 Å². The van der Waals surface area contributed by atoms with Gasteiger partial charge in [0.05, 0.1) is 12.3 Å². The molecule has 0 saturated carbocycles. The average Bonchev–Trinajstić information content (AvgIpc) is 3.16. The Balaban J connectivity index is 0.00000272. The molecule has 0 atom stereocenters. The second kappa shape index (κ2) is 11.3. The molecule has 0 bridgehead atoms. The number of halogens is 1. The van der Waals surface area contributed by atoms with Crippen LogP contribution in [0.15, 0.2) is 54.6 Å². The van der Waals surface area contributed by atoms with Gasteiger partial charge in [-0.25, -0.2) is 4.98 Å². The Kier molecular flexibility index (Phi) is 8.46. The minimum atomic E-state index is -0.150. The third-order valence-corrected chi connectivity index (χ3v) is 6.14. The van der Waals surface area contributed by atoms with E-state index in [1.54, 1.807) is 23.5 Å². The standard InChI is InChI=1S/C24H27N3O2S.ClH/c1-2-3-14-29-20-11-7-10-19(15-20)23(28)26-24-25-21-12-13-27(17-22(21)30-24)16-18-8-5-4-6-9-18;/h4-11,15H,2-3,12-14,16-17H2,1H3,(H,25,26,28);1H. The highest BCUT2D eigenvalue weighted by Crippen LogP contribution is 2.29. The topological polar surface area (TPSA) is 54.5 Å². The molecule has 2 heterocycles. The third-order valence-electron chi connectivity index (χ3n) is 5.14. The van der Waals surface area contributed by atoms with Gasteiger partial charge in [0, 0.05) is 36.5 Å². The number of benzene rings is 2. The highest BCUT2D eigenvalue weighted by Gasteiger charge is 2.21. The molecule has 1 aromatic heterocycles. The lowest BCUT2D eigenvalue weighted by atomic mass is 10.1. The predicted molar refractivity (Wildman–Crippen MR) is 128 cm³/mol. The molecule has 1 aliphatic heterocycles. The van der Waals surface area contributed by atoms with E-state index in [-0.39, 0.29) is 18.3 Å². The molecule has 7 heteroatoms. The summed E-state index contributed by atoms with van der Waals surface area (Å²) >= 11 is 1.58. The van der Waals surface area contributed by atoms with Gasteiger partial charge in [0.2, 0.25) is 0 Å². The molecular weight excluding hydrogens is 430 g/mol. The van der Waals surface area contributed by atoms with Crippen molar-refractivity contribution in [1.82, 2.24) is 9.88 Å². The minimum absolute atomic E-state index is 0. The predicted octanol–water partition coefficient (Wildman–Crippen LogP) is 5.55. The number of hydrogen-bond acceptors (Lipinski definition) is 5. The monoisotopic (exact) mass is 457 g/mol. The first-order valence-electron chi connectivity index (χ1n) is 10.5. The molecule has 31 heavy (non-hydrogen) atoms. The van der Waals surface area contributed by atoms with E-state index in [4.69, 9.17) is 4.74 Å². The number of fused-ring (bicyclic) bond motifs is 1. The highest BCUT2D eigenvalue weighted by molar-refractivity contribution is 7.15. The van der Waals surface area contributed by atoms with Crippen LogP contribution in [0.1, 0.15) is 46.3 Å². The summed E-state index contributed by atoms with van der Waals surface area (Å²) in [5, 5.41) is 3.64. The lowest BCUT2D eigenvalue weighted by molar-refractivity contribution is 0.102. The summed E-state index contributed by atoms with van der Waals surface area (Å²) in [5.74, 6) is 0.578. The van der Waals surface area contributed by atoms with E-state index >= 15 is 0 Å². The van der Waals surface area contributed by atoms with Crippen LogP contribution in [-0.2, 0) is 19.5 Å². The van der Waals surface area contributed by atoms with Crippen molar-refractivity contribution in [3.63, 3.8) is 0 Å². The first kappa shape index (κ1) is 23.3. The van der Waals surface area contributed by atoms with E-state index in [1.807, 2.05) is 18.2 Å². The molecule has 1 amide bonds. The number of unbranched alkanes of at least 4 members (excludes halogenated alkanes) is 1. The molecule has 0 spiro atoms. The second-order valence-corrected chi connectivity index (χ2v) is 8.60. The number of ether oxygens (including phenoxy) is 1. The molecule has 0 aliphatic carbocycles. The van der Waals surface area contributed by atoms with Gasteiger partial charge in [0.15, 0.2) is 5.13 Å². The number of aromatic nitrogens is 1. The Labute approximate surface area is 193 Å². The summed E-state index contributed by atoms with van der Waals surface area (Å²) in [6.07, 6.45) is 3.00. The summed E-state index contributed by atoms with van der Waals surface area (Å²) in [6.45, 7) is 5.58. The van der Waals surface area contributed by atoms with Crippen molar-refractivity contribution in [3.05, 3.63) is 76.3 Å². The van der Waals surface area contributed by atoms with Crippen LogP contribution in [0.25, 0.3) is 0 Å². The molecule has 4 rings (SSSR count). The van der Waals surface area contributed by atoms with Gasteiger partial charge in [-0.15, -0.1) is 23.7 Å². The van der Waals surface area contributed by atoms with Crippen LogP contribution < -0.4 is 10.1 Å². The molecular formula is C24H28ClN3O2S. The van der Waals surface area contributed by atoms with Gasteiger partial charge in [-0.05, 0) is 30.2 Å². The molecule has 1 N–H and O–H groups in total. The molecule has 0 saturated heterocycles. The van der Waals surface area contributed by atoms with Gasteiger partial charge in [-0.3, -0.25) is 15.0 Å². The van der Waals surface area contributed by atoms with Crippen molar-refractivity contribution in [3.8, 4) is 5.75 Å². The number of anilines is 1. The average molecular weight is 458 g/mol. The highest BCUT2D eigenvalue weighted by atomic mass is 35.5. The third kappa shape index (κ3) is 6.29. The Bertz CT molecular complexity index is 993. The van der Waals surface area contributed by atoms with Crippen molar-refractivity contribution >= 4 is 34.8 Å². The first-order chi connectivity index (χ1) is 14.7. The maximum Gasteiger partial charge on any atom is 0.257 e. The summed E-state index contributed by atoms with van der Waals surface area (Å²) in [4.78, 5) is 21.0. The molecule has 1 aliphatic rings. The molecule has 0 fully saturated rings. The van der Waals surface area contributed by atoms with Crippen LogP contribution >= 0.6 is 23.7 Å². The Hall–Kier alpha value is -2.41. The molecule has 0 radical (unpaired) electrons. The Morgan fingerprint density at radius 2 is 2.03 bits per heavy atom. The van der Waals surface area contributed by atoms with E-state index < -0.39 is 0 Å². The number of carbonyl (C=O) groups excluding carboxylic acids is 1. The van der Waals surface area contributed by atoms with Gasteiger partial charge >= 0.3 is 0 Å². The van der Waals surface area contributed by atoms with Crippen LogP contribution in [0.5, 0.6) is 5.75 Å². The zero-order valence-electron chi connectivity index (χ0n) is 17.7. The molecule has 5 nitrogen and oxygen atoms in total. The van der Waals surface area contributed by atoms with Gasteiger partial charge in [-0.2, -0.15) is 0 Å². The zero-order chi connectivity index (χ0) is 20.8. The fourth-order valence-electron chi connectivity index (χ4n) is 3.51. The van der Waals surface area contributed by atoms with Crippen LogP contribution in [0.3, 0.4) is 0 Å². The van der Waals surface area contributed by atoms with Crippen LogP contribution in [0, 0.1) is 0 Å². The molecule has 3 aromatic rings. The van der Waals surface area contributed by atoms with Gasteiger partial charge in [-0.1, -0.05) is 49.7 Å². The van der Waals surface area contributed by atoms with Crippen molar-refractivity contribution < 1.29 is 9.53 Å². The summed E-state index contributed by atoms with van der Waals surface area (Å²) in [6, 6.07) is 17.9. The lowest BCUT2D eigenvalue weighted by Crippen LogP contribution is -2.29. The first-order valence-corrected chi connectivity index (χ1v) is 11.3. The van der Waals surface area contributed by atoms with E-state index in [0.717, 1.165) is 50.3 Å². The number of rotatable bonds is 8. The number of carbonyl (C=O) groups is 1. The number of nitrogens with one attached hydrogen (secondary N) is 1. The number of nitrogens with zero attached hydrogens (tertiary/aromatic N) is 2. The maximum atomic E-state index is 12.7. The summed E-state index contributed by atoms with van der Waals surface area (Å²) < 4.78 is 5.72. The van der Waals surface area contributed by atoms with E-state index in [2.05, 4.69) is 46.4 Å². The number of hydrogen-bond donors (Lipinski definition) is 1. The fraction of sp³-hybridized carbons (Fsp3) is 0.333. The minimum Gasteiger partial charge on any atom is -0.494 e. The van der Waals surface area contributed by atoms with Crippen LogP contribution in [0.4, 0.5) is 5.13 Å². The Morgan fingerprint density at radius 3 is 2.84 bits per heavy atom. The largest absolute Gasteiger partial charge is 0.494 e. The SMILES string of the molecule is CCCCOc1cccc(C(=O)Nc2nc3c(s2)CN(Cc2ccccc2)CC3)c1.Cl. The van der Waals surface area contributed by atoms with Gasteiger partial charge in [0.25, 0.3) is 5.91 Å². The number of thiazole rings is 1. The summed E-state index contributed by atoms with van der Waals surface area (Å²) in [5.41, 5.74) is 3.01. The smallest absolute Gasteiger partial charge is 0.257 e. The van der Waals surface area contributed by atoms with Gasteiger partial charge in [0.1, 0.15) is 5.75 Å². The van der Waals surface area contributed by atoms with Gasteiger partial charge < -0.3 is 4.74 Å². The Morgan fingerprint density at radius 1 is 1.19 bits per heavy atom. The lowest BCUT2D eigenvalue weighted by Gasteiger charge is -2.25. The zero-order valence-corrected chi connectivity index (χ0v) is 19.3.